The Morgan fingerprint density at radius 1 is 1.07 bits per heavy atom. The van der Waals surface area contributed by atoms with E-state index >= 15 is 0 Å². The number of rotatable bonds is 5. The van der Waals surface area contributed by atoms with Gasteiger partial charge in [0.25, 0.3) is 5.69 Å². The van der Waals surface area contributed by atoms with E-state index in [1.807, 2.05) is 12.1 Å². The van der Waals surface area contributed by atoms with Gasteiger partial charge < -0.3 is 10.6 Å². The molecule has 1 heterocycles. The fraction of sp³-hybridized carbons (Fsp3) is 0.316. The third kappa shape index (κ3) is 4.83. The molecule has 3 rings (SSSR count). The Kier molecular flexibility index (Phi) is 5.73. The van der Waals surface area contributed by atoms with E-state index in [4.69, 9.17) is 5.73 Å². The summed E-state index contributed by atoms with van der Waals surface area (Å²) in [7, 11) is 0. The van der Waals surface area contributed by atoms with Gasteiger partial charge in [-0.2, -0.15) is 13.2 Å². The number of carbonyl (C=O) groups excluding carboxylic acids is 1. The normalized spacial score (nSPS) is 15.3. The summed E-state index contributed by atoms with van der Waals surface area (Å²) in [5, 5.41) is 11.3. The Bertz CT molecular complexity index is 908. The van der Waals surface area contributed by atoms with Crippen LogP contribution in [0.2, 0.25) is 0 Å². The second-order valence-electron chi connectivity index (χ2n) is 6.78. The number of anilines is 1. The maximum absolute atomic E-state index is 12.9. The van der Waals surface area contributed by atoms with Gasteiger partial charge in [0.2, 0.25) is 5.91 Å². The summed E-state index contributed by atoms with van der Waals surface area (Å²) in [6.45, 7) is 2.71. The molecular weight excluding hydrogens is 389 g/mol. The van der Waals surface area contributed by atoms with Gasteiger partial charge in [0.1, 0.15) is 5.69 Å². The lowest BCUT2D eigenvalue weighted by Crippen LogP contribution is -2.46. The SMILES string of the molecule is NC(=O)c1ccc(CN2CCN(c3ccc(C(F)(F)F)cc3[N+](=O)[O-])CC2)cc1. The van der Waals surface area contributed by atoms with Crippen LogP contribution in [0, 0.1) is 10.1 Å². The zero-order valence-corrected chi connectivity index (χ0v) is 15.4. The summed E-state index contributed by atoms with van der Waals surface area (Å²) >= 11 is 0. The molecular formula is C19H19F3N4O3. The number of primary amides is 1. The van der Waals surface area contributed by atoms with E-state index in [-0.39, 0.29) is 5.69 Å². The Morgan fingerprint density at radius 2 is 1.69 bits per heavy atom. The molecule has 1 aliphatic heterocycles. The fourth-order valence-corrected chi connectivity index (χ4v) is 3.29. The molecule has 1 saturated heterocycles. The van der Waals surface area contributed by atoms with E-state index < -0.39 is 28.3 Å². The third-order valence-corrected chi connectivity index (χ3v) is 4.86. The first-order valence-electron chi connectivity index (χ1n) is 8.87. The predicted molar refractivity (Wildman–Crippen MR) is 101 cm³/mol. The minimum absolute atomic E-state index is 0.188. The zero-order chi connectivity index (χ0) is 21.2. The molecule has 0 aromatic heterocycles. The van der Waals surface area contributed by atoms with Crippen LogP contribution in [-0.2, 0) is 12.7 Å². The second kappa shape index (κ2) is 8.08. The summed E-state index contributed by atoms with van der Waals surface area (Å²) in [5.74, 6) is -0.497. The van der Waals surface area contributed by atoms with Crippen LogP contribution in [0.3, 0.4) is 0 Å². The molecule has 0 saturated carbocycles. The molecule has 2 N–H and O–H groups in total. The molecule has 29 heavy (non-hydrogen) atoms. The second-order valence-corrected chi connectivity index (χ2v) is 6.78. The fourth-order valence-electron chi connectivity index (χ4n) is 3.29. The number of amides is 1. The van der Waals surface area contributed by atoms with Crippen LogP contribution in [0.1, 0.15) is 21.5 Å². The number of alkyl halides is 3. The first-order valence-corrected chi connectivity index (χ1v) is 8.87. The van der Waals surface area contributed by atoms with Gasteiger partial charge in [0.05, 0.1) is 10.5 Å². The number of piperazine rings is 1. The van der Waals surface area contributed by atoms with Crippen molar-refractivity contribution >= 4 is 17.3 Å². The van der Waals surface area contributed by atoms with E-state index in [1.165, 1.54) is 6.07 Å². The van der Waals surface area contributed by atoms with Crippen molar-refractivity contribution < 1.29 is 22.9 Å². The Labute approximate surface area is 164 Å². The van der Waals surface area contributed by atoms with Crippen molar-refractivity contribution in [3.63, 3.8) is 0 Å². The smallest absolute Gasteiger partial charge is 0.366 e. The highest BCUT2D eigenvalue weighted by Gasteiger charge is 2.34. The number of nitrogens with zero attached hydrogens (tertiary/aromatic N) is 3. The maximum atomic E-state index is 12.9. The van der Waals surface area contributed by atoms with Gasteiger partial charge in [-0.05, 0) is 29.8 Å². The lowest BCUT2D eigenvalue weighted by Gasteiger charge is -2.36. The molecule has 0 unspecified atom stereocenters. The van der Waals surface area contributed by atoms with Crippen molar-refractivity contribution in [3.8, 4) is 0 Å². The third-order valence-electron chi connectivity index (χ3n) is 4.86. The molecule has 0 spiro atoms. The van der Waals surface area contributed by atoms with Gasteiger partial charge in [-0.15, -0.1) is 0 Å². The number of halogens is 3. The predicted octanol–water partition coefficient (Wildman–Crippen LogP) is 3.03. The standard InChI is InChI=1S/C19H19F3N4O3/c20-19(21,22)15-5-6-16(17(11-15)26(28)29)25-9-7-24(8-10-25)12-13-1-3-14(4-2-13)18(23)27/h1-6,11H,7-10,12H2,(H2,23,27). The molecule has 2 aromatic rings. The van der Waals surface area contributed by atoms with Crippen LogP contribution in [-0.4, -0.2) is 41.9 Å². The van der Waals surface area contributed by atoms with Crippen molar-refractivity contribution in [1.29, 1.82) is 0 Å². The van der Waals surface area contributed by atoms with E-state index in [0.29, 0.717) is 44.4 Å². The number of hydrogen-bond donors (Lipinski definition) is 1. The maximum Gasteiger partial charge on any atom is 0.416 e. The average Bonchev–Trinajstić information content (AvgIpc) is 2.68. The van der Waals surface area contributed by atoms with Crippen LogP contribution in [0.25, 0.3) is 0 Å². The van der Waals surface area contributed by atoms with Crippen LogP contribution >= 0.6 is 0 Å². The van der Waals surface area contributed by atoms with Crippen LogP contribution < -0.4 is 10.6 Å². The molecule has 154 valence electrons. The number of nitrogens with two attached hydrogens (primary N) is 1. The molecule has 0 aliphatic carbocycles. The van der Waals surface area contributed by atoms with Gasteiger partial charge in [-0.25, -0.2) is 0 Å². The van der Waals surface area contributed by atoms with Crippen molar-refractivity contribution in [2.75, 3.05) is 31.1 Å². The highest BCUT2D eigenvalue weighted by atomic mass is 19.4. The van der Waals surface area contributed by atoms with Crippen molar-refractivity contribution in [3.05, 3.63) is 69.3 Å². The molecule has 1 amide bonds. The van der Waals surface area contributed by atoms with Gasteiger partial charge in [-0.1, -0.05) is 12.1 Å². The van der Waals surface area contributed by atoms with E-state index in [1.54, 1.807) is 17.0 Å². The lowest BCUT2D eigenvalue weighted by atomic mass is 10.1. The number of nitro groups is 1. The Morgan fingerprint density at radius 3 is 2.21 bits per heavy atom. The number of carbonyl (C=O) groups is 1. The van der Waals surface area contributed by atoms with Crippen molar-refractivity contribution in [2.45, 2.75) is 12.7 Å². The average molecular weight is 408 g/mol. The quantitative estimate of drug-likeness (QED) is 0.606. The van der Waals surface area contributed by atoms with E-state index in [0.717, 1.165) is 11.6 Å². The monoisotopic (exact) mass is 408 g/mol. The number of benzene rings is 2. The highest BCUT2D eigenvalue weighted by Crippen LogP contribution is 2.36. The first-order chi connectivity index (χ1) is 13.6. The largest absolute Gasteiger partial charge is 0.416 e. The van der Waals surface area contributed by atoms with Crippen LogP contribution in [0.5, 0.6) is 0 Å². The Balaban J connectivity index is 1.67. The summed E-state index contributed by atoms with van der Waals surface area (Å²) in [5.41, 5.74) is 5.24. The highest BCUT2D eigenvalue weighted by molar-refractivity contribution is 5.92. The summed E-state index contributed by atoms with van der Waals surface area (Å²) in [4.78, 5) is 25.5. The molecule has 10 heteroatoms. The minimum atomic E-state index is -4.63. The van der Waals surface area contributed by atoms with E-state index in [2.05, 4.69) is 4.90 Å². The van der Waals surface area contributed by atoms with Crippen LogP contribution in [0.4, 0.5) is 24.5 Å². The van der Waals surface area contributed by atoms with Crippen molar-refractivity contribution in [1.82, 2.24) is 4.90 Å². The molecule has 1 aliphatic rings. The molecule has 0 bridgehead atoms. The Hall–Kier alpha value is -3.14. The van der Waals surface area contributed by atoms with E-state index in [9.17, 15) is 28.1 Å². The lowest BCUT2D eigenvalue weighted by molar-refractivity contribution is -0.384. The van der Waals surface area contributed by atoms with Gasteiger partial charge in [-0.3, -0.25) is 19.8 Å². The number of hydrogen-bond acceptors (Lipinski definition) is 5. The first kappa shape index (κ1) is 20.6. The summed E-state index contributed by atoms with van der Waals surface area (Å²) in [6, 6.07) is 9.55. The van der Waals surface area contributed by atoms with Crippen LogP contribution in [0.15, 0.2) is 42.5 Å². The minimum Gasteiger partial charge on any atom is -0.366 e. The topological polar surface area (TPSA) is 92.7 Å². The van der Waals surface area contributed by atoms with Gasteiger partial charge >= 0.3 is 6.18 Å². The number of nitro benzene ring substituents is 1. The summed E-state index contributed by atoms with van der Waals surface area (Å²) < 4.78 is 38.6. The molecule has 0 radical (unpaired) electrons. The van der Waals surface area contributed by atoms with Gasteiger partial charge in [0.15, 0.2) is 0 Å². The molecule has 2 aromatic carbocycles. The molecule has 0 atom stereocenters. The molecule has 1 fully saturated rings. The zero-order valence-electron chi connectivity index (χ0n) is 15.4. The van der Waals surface area contributed by atoms with Gasteiger partial charge in [0, 0.05) is 44.4 Å². The molecule has 7 nitrogen and oxygen atoms in total. The van der Waals surface area contributed by atoms with Crippen molar-refractivity contribution in [2.24, 2.45) is 5.73 Å². The summed E-state index contributed by atoms with van der Waals surface area (Å²) in [6.07, 6.45) is -4.63.